The first-order chi connectivity index (χ1) is 10.2. The zero-order valence-electron chi connectivity index (χ0n) is 11.9. The van der Waals surface area contributed by atoms with Gasteiger partial charge in [0, 0.05) is 23.0 Å². The van der Waals surface area contributed by atoms with E-state index in [0.29, 0.717) is 5.95 Å². The number of pyridine rings is 1. The predicted molar refractivity (Wildman–Crippen MR) is 83.0 cm³/mol. The maximum atomic E-state index is 5.85. The van der Waals surface area contributed by atoms with Crippen LogP contribution in [0.5, 0.6) is 5.75 Å². The standard InChI is InChI=1S/C16H16N4O/c1-10-8-12(6-7-18-10)15-14(19-16(17)20-15)11-4-3-5-13(9-11)21-2/h3-9H,1-2H3,(H3,17,19,20). The summed E-state index contributed by atoms with van der Waals surface area (Å²) in [6.45, 7) is 1.95. The second-order valence-corrected chi connectivity index (χ2v) is 4.76. The van der Waals surface area contributed by atoms with Gasteiger partial charge in [-0.25, -0.2) is 4.98 Å². The number of nitrogens with two attached hydrogens (primary N) is 1. The van der Waals surface area contributed by atoms with E-state index in [0.717, 1.165) is 34.0 Å². The van der Waals surface area contributed by atoms with Crippen molar-refractivity contribution in [2.45, 2.75) is 6.92 Å². The predicted octanol–water partition coefficient (Wildman–Crippen LogP) is 3.04. The number of methoxy groups -OCH3 is 1. The number of imidazole rings is 1. The molecular formula is C16H16N4O. The number of rotatable bonds is 3. The van der Waals surface area contributed by atoms with E-state index in [1.165, 1.54) is 0 Å². The lowest BCUT2D eigenvalue weighted by Gasteiger charge is -2.05. The largest absolute Gasteiger partial charge is 0.497 e. The Morgan fingerprint density at radius 2 is 2.00 bits per heavy atom. The zero-order valence-corrected chi connectivity index (χ0v) is 11.9. The molecule has 0 bridgehead atoms. The molecule has 0 aliphatic rings. The first kappa shape index (κ1) is 13.2. The monoisotopic (exact) mass is 280 g/mol. The molecule has 0 saturated heterocycles. The molecule has 3 aromatic rings. The molecule has 0 fully saturated rings. The first-order valence-corrected chi connectivity index (χ1v) is 6.60. The molecule has 1 aromatic carbocycles. The summed E-state index contributed by atoms with van der Waals surface area (Å²) in [5, 5.41) is 0. The van der Waals surface area contributed by atoms with Gasteiger partial charge in [-0.05, 0) is 31.2 Å². The van der Waals surface area contributed by atoms with Crippen molar-refractivity contribution in [2.75, 3.05) is 12.8 Å². The third kappa shape index (κ3) is 2.58. The van der Waals surface area contributed by atoms with Gasteiger partial charge in [0.25, 0.3) is 0 Å². The van der Waals surface area contributed by atoms with Crippen molar-refractivity contribution in [2.24, 2.45) is 0 Å². The molecule has 2 aromatic heterocycles. The van der Waals surface area contributed by atoms with Crippen LogP contribution in [-0.2, 0) is 0 Å². The Balaban J connectivity index is 2.15. The van der Waals surface area contributed by atoms with Crippen LogP contribution in [-0.4, -0.2) is 22.1 Å². The van der Waals surface area contributed by atoms with Gasteiger partial charge in [0.15, 0.2) is 5.95 Å². The lowest BCUT2D eigenvalue weighted by Crippen LogP contribution is -1.88. The summed E-state index contributed by atoms with van der Waals surface area (Å²) in [6.07, 6.45) is 1.77. The highest BCUT2D eigenvalue weighted by atomic mass is 16.5. The summed E-state index contributed by atoms with van der Waals surface area (Å²) in [6, 6.07) is 11.7. The highest BCUT2D eigenvalue weighted by Crippen LogP contribution is 2.32. The van der Waals surface area contributed by atoms with Crippen molar-refractivity contribution in [3.05, 3.63) is 48.3 Å². The van der Waals surface area contributed by atoms with Crippen LogP contribution in [0.4, 0.5) is 5.95 Å². The van der Waals surface area contributed by atoms with Crippen LogP contribution in [0.3, 0.4) is 0 Å². The molecule has 3 rings (SSSR count). The minimum atomic E-state index is 0.386. The highest BCUT2D eigenvalue weighted by Gasteiger charge is 2.13. The van der Waals surface area contributed by atoms with E-state index in [2.05, 4.69) is 15.0 Å². The zero-order chi connectivity index (χ0) is 14.8. The molecule has 0 radical (unpaired) electrons. The van der Waals surface area contributed by atoms with Gasteiger partial charge in [0.05, 0.1) is 18.5 Å². The Hall–Kier alpha value is -2.82. The van der Waals surface area contributed by atoms with Crippen LogP contribution in [0.15, 0.2) is 42.6 Å². The number of aromatic amines is 1. The van der Waals surface area contributed by atoms with Gasteiger partial charge in [-0.3, -0.25) is 4.98 Å². The Bertz CT molecular complexity index is 779. The molecule has 0 saturated carbocycles. The Kier molecular flexibility index (Phi) is 3.31. The maximum absolute atomic E-state index is 5.85. The molecule has 5 nitrogen and oxygen atoms in total. The first-order valence-electron chi connectivity index (χ1n) is 6.60. The number of nitrogen functional groups attached to an aromatic ring is 1. The Morgan fingerprint density at radius 1 is 1.14 bits per heavy atom. The lowest BCUT2D eigenvalue weighted by molar-refractivity contribution is 0.415. The molecule has 2 heterocycles. The SMILES string of the molecule is COc1cccc(-c2nc(N)[nH]c2-c2ccnc(C)c2)c1. The molecule has 21 heavy (non-hydrogen) atoms. The second kappa shape index (κ2) is 5.28. The number of nitrogens with zero attached hydrogens (tertiary/aromatic N) is 2. The number of anilines is 1. The van der Waals surface area contributed by atoms with Crippen molar-refractivity contribution in [3.63, 3.8) is 0 Å². The van der Waals surface area contributed by atoms with Crippen molar-refractivity contribution in [1.29, 1.82) is 0 Å². The van der Waals surface area contributed by atoms with Crippen LogP contribution in [0.25, 0.3) is 22.5 Å². The molecular weight excluding hydrogens is 264 g/mol. The average Bonchev–Trinajstić information content (AvgIpc) is 2.89. The molecule has 0 spiro atoms. The Labute approximate surface area is 122 Å². The number of aryl methyl sites for hydroxylation is 1. The van der Waals surface area contributed by atoms with Gasteiger partial charge in [-0.1, -0.05) is 12.1 Å². The quantitative estimate of drug-likeness (QED) is 0.773. The van der Waals surface area contributed by atoms with Crippen LogP contribution >= 0.6 is 0 Å². The van der Waals surface area contributed by atoms with Gasteiger partial charge in [0.2, 0.25) is 0 Å². The summed E-state index contributed by atoms with van der Waals surface area (Å²) in [5.41, 5.74) is 10.4. The molecule has 0 amide bonds. The topological polar surface area (TPSA) is 76.8 Å². The van der Waals surface area contributed by atoms with E-state index in [9.17, 15) is 0 Å². The molecule has 0 atom stereocenters. The molecule has 3 N–H and O–H groups in total. The van der Waals surface area contributed by atoms with Gasteiger partial charge in [-0.2, -0.15) is 0 Å². The van der Waals surface area contributed by atoms with E-state index in [1.54, 1.807) is 13.3 Å². The molecule has 0 aliphatic carbocycles. The summed E-state index contributed by atoms with van der Waals surface area (Å²) in [4.78, 5) is 11.7. The molecule has 5 heteroatoms. The van der Waals surface area contributed by atoms with E-state index >= 15 is 0 Å². The minimum Gasteiger partial charge on any atom is -0.497 e. The van der Waals surface area contributed by atoms with Crippen LogP contribution in [0.1, 0.15) is 5.69 Å². The summed E-state index contributed by atoms with van der Waals surface area (Å²) < 4.78 is 5.27. The minimum absolute atomic E-state index is 0.386. The number of hydrogen-bond acceptors (Lipinski definition) is 4. The van der Waals surface area contributed by atoms with E-state index in [4.69, 9.17) is 10.5 Å². The molecule has 106 valence electrons. The van der Waals surface area contributed by atoms with Crippen molar-refractivity contribution < 1.29 is 4.74 Å². The third-order valence-corrected chi connectivity index (χ3v) is 3.25. The van der Waals surface area contributed by atoms with Gasteiger partial charge >= 0.3 is 0 Å². The Morgan fingerprint density at radius 3 is 2.76 bits per heavy atom. The molecule has 0 aliphatic heterocycles. The van der Waals surface area contributed by atoms with Crippen molar-refractivity contribution in [3.8, 4) is 28.3 Å². The second-order valence-electron chi connectivity index (χ2n) is 4.76. The number of benzene rings is 1. The van der Waals surface area contributed by atoms with Crippen LogP contribution in [0.2, 0.25) is 0 Å². The fourth-order valence-corrected chi connectivity index (χ4v) is 2.28. The maximum Gasteiger partial charge on any atom is 0.198 e. The van der Waals surface area contributed by atoms with Crippen LogP contribution < -0.4 is 10.5 Å². The molecule has 0 unspecified atom stereocenters. The van der Waals surface area contributed by atoms with Gasteiger partial charge in [0.1, 0.15) is 5.75 Å². The van der Waals surface area contributed by atoms with E-state index < -0.39 is 0 Å². The summed E-state index contributed by atoms with van der Waals surface area (Å²) in [7, 11) is 1.64. The number of aromatic nitrogens is 3. The van der Waals surface area contributed by atoms with E-state index in [-0.39, 0.29) is 0 Å². The summed E-state index contributed by atoms with van der Waals surface area (Å²) >= 11 is 0. The van der Waals surface area contributed by atoms with Gasteiger partial charge < -0.3 is 15.5 Å². The number of nitrogens with one attached hydrogen (secondary N) is 1. The number of ether oxygens (including phenoxy) is 1. The summed E-state index contributed by atoms with van der Waals surface area (Å²) in [5.74, 6) is 1.17. The van der Waals surface area contributed by atoms with Crippen molar-refractivity contribution >= 4 is 5.95 Å². The van der Waals surface area contributed by atoms with Crippen molar-refractivity contribution in [1.82, 2.24) is 15.0 Å². The third-order valence-electron chi connectivity index (χ3n) is 3.25. The van der Waals surface area contributed by atoms with E-state index in [1.807, 2.05) is 43.3 Å². The average molecular weight is 280 g/mol. The smallest absolute Gasteiger partial charge is 0.198 e. The van der Waals surface area contributed by atoms with Gasteiger partial charge in [-0.15, -0.1) is 0 Å². The fourth-order valence-electron chi connectivity index (χ4n) is 2.28. The lowest BCUT2D eigenvalue weighted by atomic mass is 10.1. The number of H-pyrrole nitrogens is 1. The number of hydrogen-bond donors (Lipinski definition) is 2. The fraction of sp³-hybridized carbons (Fsp3) is 0.125. The normalized spacial score (nSPS) is 10.6. The van der Waals surface area contributed by atoms with Crippen LogP contribution in [0, 0.1) is 6.92 Å². The highest BCUT2D eigenvalue weighted by molar-refractivity contribution is 5.80.